The van der Waals surface area contributed by atoms with Crippen LogP contribution < -0.4 is 5.43 Å². The van der Waals surface area contributed by atoms with Crippen LogP contribution in [0.15, 0.2) is 29.4 Å². The molecule has 1 aromatic carbocycles. The summed E-state index contributed by atoms with van der Waals surface area (Å²) in [6.45, 7) is -0.0409. The monoisotopic (exact) mass is 210 g/mol. The molecule has 80 valence electrons. The molecule has 0 atom stereocenters. The molecule has 0 saturated heterocycles. The Balaban J connectivity index is 2.44. The lowest BCUT2D eigenvalue weighted by Gasteiger charge is -1.96. The number of amides is 1. The normalized spacial score (nSPS) is 10.5. The number of nitrogens with zero attached hydrogens (tertiary/aromatic N) is 1. The second-order valence-electron chi connectivity index (χ2n) is 2.78. The van der Waals surface area contributed by atoms with Gasteiger partial charge in [-0.1, -0.05) is 12.1 Å². The van der Waals surface area contributed by atoms with Crippen molar-refractivity contribution in [1.29, 1.82) is 0 Å². The average Bonchev–Trinajstić information content (AvgIpc) is 2.21. The second kappa shape index (κ2) is 5.87. The van der Waals surface area contributed by atoms with Crippen molar-refractivity contribution < 1.29 is 13.9 Å². The number of hydrogen-bond acceptors (Lipinski definition) is 3. The summed E-state index contributed by atoms with van der Waals surface area (Å²) in [7, 11) is 1.42. The highest BCUT2D eigenvalue weighted by molar-refractivity contribution is 5.82. The molecule has 0 aromatic heterocycles. The molecule has 4 nitrogen and oxygen atoms in total. The maximum Gasteiger partial charge on any atom is 0.266 e. The van der Waals surface area contributed by atoms with E-state index in [4.69, 9.17) is 0 Å². The summed E-state index contributed by atoms with van der Waals surface area (Å²) in [6, 6.07) is 5.75. The van der Waals surface area contributed by atoms with Gasteiger partial charge in [0, 0.05) is 7.11 Å². The quantitative estimate of drug-likeness (QED) is 0.593. The molecular formula is C10H11FN2O2. The third-order valence-corrected chi connectivity index (χ3v) is 1.55. The number of carbonyl (C=O) groups is 1. The summed E-state index contributed by atoms with van der Waals surface area (Å²) < 4.78 is 17.1. The van der Waals surface area contributed by atoms with Gasteiger partial charge < -0.3 is 4.74 Å². The lowest BCUT2D eigenvalue weighted by molar-refractivity contribution is -0.124. The fourth-order valence-electron chi connectivity index (χ4n) is 0.891. The lowest BCUT2D eigenvalue weighted by atomic mass is 10.2. The Morgan fingerprint density at radius 2 is 2.20 bits per heavy atom. The van der Waals surface area contributed by atoms with Crippen molar-refractivity contribution >= 4 is 12.1 Å². The van der Waals surface area contributed by atoms with Crippen LogP contribution in [0.5, 0.6) is 0 Å². The van der Waals surface area contributed by atoms with Crippen LogP contribution in [0.25, 0.3) is 0 Å². The number of methoxy groups -OCH3 is 1. The number of rotatable bonds is 4. The van der Waals surface area contributed by atoms with E-state index >= 15 is 0 Å². The predicted octanol–water partition coefficient (Wildman–Crippen LogP) is 0.922. The minimum absolute atomic E-state index is 0.0409. The predicted molar refractivity (Wildman–Crippen MR) is 54.0 cm³/mol. The van der Waals surface area contributed by atoms with Gasteiger partial charge in [-0.05, 0) is 17.7 Å². The van der Waals surface area contributed by atoms with Crippen molar-refractivity contribution in [3.8, 4) is 0 Å². The molecule has 5 heteroatoms. The van der Waals surface area contributed by atoms with E-state index < -0.39 is 0 Å². The lowest BCUT2D eigenvalue weighted by Crippen LogP contribution is -2.22. The highest BCUT2D eigenvalue weighted by Gasteiger charge is 1.95. The molecule has 0 bridgehead atoms. The molecule has 0 unspecified atom stereocenters. The minimum atomic E-state index is -0.337. The van der Waals surface area contributed by atoms with E-state index in [1.54, 1.807) is 12.1 Å². The molecule has 1 N–H and O–H groups in total. The zero-order valence-electron chi connectivity index (χ0n) is 8.24. The summed E-state index contributed by atoms with van der Waals surface area (Å²) in [6.07, 6.45) is 1.42. The van der Waals surface area contributed by atoms with Crippen LogP contribution in [0.2, 0.25) is 0 Å². The van der Waals surface area contributed by atoms with Gasteiger partial charge in [0.2, 0.25) is 0 Å². The van der Waals surface area contributed by atoms with E-state index in [2.05, 4.69) is 15.3 Å². The number of ether oxygens (including phenoxy) is 1. The molecule has 0 radical (unpaired) electrons. The largest absolute Gasteiger partial charge is 0.375 e. The highest BCUT2D eigenvalue weighted by Crippen LogP contribution is 1.99. The average molecular weight is 210 g/mol. The molecule has 0 aliphatic carbocycles. The first kappa shape index (κ1) is 11.3. The van der Waals surface area contributed by atoms with Crippen LogP contribution in [0, 0.1) is 5.82 Å². The number of nitrogens with one attached hydrogen (secondary N) is 1. The third kappa shape index (κ3) is 4.33. The maximum absolute atomic E-state index is 12.5. The number of benzene rings is 1. The van der Waals surface area contributed by atoms with E-state index in [0.717, 1.165) is 0 Å². The van der Waals surface area contributed by atoms with Gasteiger partial charge in [0.15, 0.2) is 0 Å². The number of hydrogen-bond donors (Lipinski definition) is 1. The number of halogens is 1. The molecule has 1 amide bonds. The van der Waals surface area contributed by atoms with Crippen molar-refractivity contribution in [3.05, 3.63) is 35.6 Å². The third-order valence-electron chi connectivity index (χ3n) is 1.55. The second-order valence-corrected chi connectivity index (χ2v) is 2.78. The summed E-state index contributed by atoms with van der Waals surface area (Å²) in [5, 5.41) is 3.66. The topological polar surface area (TPSA) is 50.7 Å². The van der Waals surface area contributed by atoms with Crippen molar-refractivity contribution in [1.82, 2.24) is 5.43 Å². The molecule has 1 rings (SSSR count). The first-order chi connectivity index (χ1) is 7.22. The summed E-state index contributed by atoms with van der Waals surface area (Å²) in [5.74, 6) is -0.647. The van der Waals surface area contributed by atoms with E-state index in [1.165, 1.54) is 25.5 Å². The Morgan fingerprint density at radius 1 is 1.53 bits per heavy atom. The summed E-state index contributed by atoms with van der Waals surface area (Å²) >= 11 is 0. The highest BCUT2D eigenvalue weighted by atomic mass is 19.1. The summed E-state index contributed by atoms with van der Waals surface area (Å²) in [4.78, 5) is 10.9. The van der Waals surface area contributed by atoms with Crippen molar-refractivity contribution in [2.45, 2.75) is 0 Å². The van der Waals surface area contributed by atoms with E-state index in [-0.39, 0.29) is 18.3 Å². The van der Waals surface area contributed by atoms with Crippen LogP contribution in [0.1, 0.15) is 5.56 Å². The SMILES string of the molecule is COCC(=O)N/N=C\c1ccc(F)cc1. The standard InChI is InChI=1S/C10H11FN2O2/c1-15-7-10(14)13-12-6-8-2-4-9(11)5-3-8/h2-6H,7H2,1H3,(H,13,14)/b12-6-. The van der Waals surface area contributed by atoms with Crippen LogP contribution >= 0.6 is 0 Å². The Labute approximate surface area is 86.7 Å². The zero-order chi connectivity index (χ0) is 11.1. The number of carbonyl (C=O) groups excluding carboxylic acids is 1. The van der Waals surface area contributed by atoms with Crippen molar-refractivity contribution in [3.63, 3.8) is 0 Å². The smallest absolute Gasteiger partial charge is 0.266 e. The van der Waals surface area contributed by atoms with Gasteiger partial charge in [-0.3, -0.25) is 4.79 Å². The van der Waals surface area contributed by atoms with Crippen LogP contribution in [0.4, 0.5) is 4.39 Å². The summed E-state index contributed by atoms with van der Waals surface area (Å²) in [5.41, 5.74) is 2.96. The fourth-order valence-corrected chi connectivity index (χ4v) is 0.891. The van der Waals surface area contributed by atoms with Gasteiger partial charge in [0.25, 0.3) is 5.91 Å². The Morgan fingerprint density at radius 3 is 2.80 bits per heavy atom. The Bertz CT molecular complexity index is 349. The van der Waals surface area contributed by atoms with Gasteiger partial charge in [0.05, 0.1) is 6.21 Å². The van der Waals surface area contributed by atoms with Crippen molar-refractivity contribution in [2.75, 3.05) is 13.7 Å². The van der Waals surface area contributed by atoms with Gasteiger partial charge in [-0.25, -0.2) is 9.82 Å². The molecule has 0 aliphatic heterocycles. The van der Waals surface area contributed by atoms with Crippen LogP contribution in [-0.4, -0.2) is 25.8 Å². The molecule has 0 aliphatic rings. The molecule has 0 heterocycles. The molecule has 15 heavy (non-hydrogen) atoms. The molecule has 0 saturated carbocycles. The first-order valence-corrected chi connectivity index (χ1v) is 4.29. The first-order valence-electron chi connectivity index (χ1n) is 4.29. The minimum Gasteiger partial charge on any atom is -0.375 e. The van der Waals surface area contributed by atoms with Crippen LogP contribution in [-0.2, 0) is 9.53 Å². The van der Waals surface area contributed by atoms with Gasteiger partial charge in [0.1, 0.15) is 12.4 Å². The Kier molecular flexibility index (Phi) is 4.43. The van der Waals surface area contributed by atoms with Crippen LogP contribution in [0.3, 0.4) is 0 Å². The van der Waals surface area contributed by atoms with E-state index in [1.807, 2.05) is 0 Å². The van der Waals surface area contributed by atoms with E-state index in [0.29, 0.717) is 5.56 Å². The van der Waals surface area contributed by atoms with Gasteiger partial charge in [-0.2, -0.15) is 5.10 Å². The molecule has 0 fully saturated rings. The van der Waals surface area contributed by atoms with Gasteiger partial charge >= 0.3 is 0 Å². The van der Waals surface area contributed by atoms with E-state index in [9.17, 15) is 9.18 Å². The van der Waals surface area contributed by atoms with Gasteiger partial charge in [-0.15, -0.1) is 0 Å². The maximum atomic E-state index is 12.5. The molecule has 1 aromatic rings. The molecular weight excluding hydrogens is 199 g/mol. The Hall–Kier alpha value is -1.75. The zero-order valence-corrected chi connectivity index (χ0v) is 8.24. The fraction of sp³-hybridized carbons (Fsp3) is 0.200. The van der Waals surface area contributed by atoms with Crippen molar-refractivity contribution in [2.24, 2.45) is 5.10 Å². The number of hydrazone groups is 1. The molecule has 0 spiro atoms.